The summed E-state index contributed by atoms with van der Waals surface area (Å²) in [7, 11) is 0. The van der Waals surface area contributed by atoms with Crippen LogP contribution in [0.25, 0.3) is 11.3 Å². The number of nitrogens with one attached hydrogen (secondary N) is 1. The van der Waals surface area contributed by atoms with Crippen LogP contribution in [-0.4, -0.2) is 16.8 Å². The highest BCUT2D eigenvalue weighted by Gasteiger charge is 2.36. The van der Waals surface area contributed by atoms with Gasteiger partial charge in [-0.3, -0.25) is 5.10 Å². The van der Waals surface area contributed by atoms with Gasteiger partial charge in [-0.2, -0.15) is 5.26 Å². The Hall–Kier alpha value is -3.24. The zero-order valence-corrected chi connectivity index (χ0v) is 14.8. The Bertz CT molecular complexity index is 997. The van der Waals surface area contributed by atoms with E-state index >= 15 is 0 Å². The topological polar surface area (TPSA) is 97.0 Å². The molecule has 0 bridgehead atoms. The van der Waals surface area contributed by atoms with Crippen molar-refractivity contribution in [1.29, 1.82) is 5.26 Å². The van der Waals surface area contributed by atoms with Crippen molar-refractivity contribution in [1.82, 2.24) is 10.2 Å². The van der Waals surface area contributed by atoms with E-state index in [2.05, 4.69) is 16.3 Å². The first kappa shape index (κ1) is 16.2. The fourth-order valence-corrected chi connectivity index (χ4v) is 3.93. The molecule has 3 heterocycles. The Kier molecular flexibility index (Phi) is 4.11. The number of thiophene rings is 1. The van der Waals surface area contributed by atoms with Crippen LogP contribution in [0.1, 0.15) is 23.3 Å². The van der Waals surface area contributed by atoms with Crippen LogP contribution >= 0.6 is 11.3 Å². The van der Waals surface area contributed by atoms with E-state index in [9.17, 15) is 5.26 Å². The molecule has 1 aliphatic heterocycles. The molecule has 0 unspecified atom stereocenters. The van der Waals surface area contributed by atoms with Crippen LogP contribution < -0.4 is 15.2 Å². The molecule has 3 aromatic rings. The Morgan fingerprint density at radius 2 is 2.15 bits per heavy atom. The number of hydrogen-bond acceptors (Lipinski definition) is 6. The molecule has 1 aromatic carbocycles. The molecule has 0 saturated heterocycles. The lowest BCUT2D eigenvalue weighted by atomic mass is 9.87. The van der Waals surface area contributed by atoms with Crippen LogP contribution in [0.2, 0.25) is 0 Å². The number of aromatic nitrogens is 2. The van der Waals surface area contributed by atoms with Crippen molar-refractivity contribution in [2.75, 3.05) is 6.61 Å². The van der Waals surface area contributed by atoms with Crippen LogP contribution in [-0.2, 0) is 0 Å². The number of nitrogens with zero attached hydrogens (tertiary/aromatic N) is 2. The number of nitriles is 1. The number of allylic oxidation sites excluding steroid dienone is 1. The van der Waals surface area contributed by atoms with E-state index in [0.29, 0.717) is 18.1 Å². The van der Waals surface area contributed by atoms with Gasteiger partial charge < -0.3 is 15.2 Å². The first-order valence-corrected chi connectivity index (χ1v) is 9.03. The summed E-state index contributed by atoms with van der Waals surface area (Å²) < 4.78 is 11.1. The summed E-state index contributed by atoms with van der Waals surface area (Å²) in [6.07, 6.45) is 0. The third-order valence-electron chi connectivity index (χ3n) is 4.22. The summed E-state index contributed by atoms with van der Waals surface area (Å²) in [6.45, 7) is 2.56. The lowest BCUT2D eigenvalue weighted by Crippen LogP contribution is -2.20. The highest BCUT2D eigenvalue weighted by Crippen LogP contribution is 2.46. The van der Waals surface area contributed by atoms with Crippen LogP contribution in [0.15, 0.2) is 53.2 Å². The van der Waals surface area contributed by atoms with Crippen LogP contribution in [0, 0.1) is 11.3 Å². The molecule has 0 amide bonds. The van der Waals surface area contributed by atoms with Crippen molar-refractivity contribution in [3.63, 3.8) is 0 Å². The van der Waals surface area contributed by atoms with Gasteiger partial charge in [-0.25, -0.2) is 0 Å². The van der Waals surface area contributed by atoms with E-state index in [4.69, 9.17) is 15.2 Å². The van der Waals surface area contributed by atoms with E-state index in [0.717, 1.165) is 27.4 Å². The standard InChI is InChI=1S/C19H16N4O2S/c1-2-24-12-7-5-11(6-8-12)17-16-15(14-4-3-9-26-14)13(10-20)18(21)25-19(16)23-22-17/h3-9,15H,2,21H2,1H3,(H,22,23)/t15-/m0/s1. The minimum Gasteiger partial charge on any atom is -0.494 e. The van der Waals surface area contributed by atoms with Crippen LogP contribution in [0.4, 0.5) is 0 Å². The maximum Gasteiger partial charge on any atom is 0.244 e. The lowest BCUT2D eigenvalue weighted by Gasteiger charge is -2.22. The smallest absolute Gasteiger partial charge is 0.244 e. The van der Waals surface area contributed by atoms with Gasteiger partial charge in [0.1, 0.15) is 17.4 Å². The highest BCUT2D eigenvalue weighted by atomic mass is 32.1. The third kappa shape index (κ3) is 2.61. The van der Waals surface area contributed by atoms with Gasteiger partial charge in [-0.15, -0.1) is 16.4 Å². The number of ether oxygens (including phenoxy) is 2. The largest absolute Gasteiger partial charge is 0.494 e. The molecule has 6 nitrogen and oxygen atoms in total. The molecule has 0 aliphatic carbocycles. The van der Waals surface area contributed by atoms with Crippen LogP contribution in [0.5, 0.6) is 11.6 Å². The van der Waals surface area contributed by atoms with E-state index in [1.165, 1.54) is 0 Å². The van der Waals surface area contributed by atoms with Gasteiger partial charge in [0.15, 0.2) is 0 Å². The second kappa shape index (κ2) is 6.58. The van der Waals surface area contributed by atoms with Crippen molar-refractivity contribution < 1.29 is 9.47 Å². The molecule has 0 radical (unpaired) electrons. The quantitative estimate of drug-likeness (QED) is 0.735. The van der Waals surface area contributed by atoms with Crippen molar-refractivity contribution >= 4 is 11.3 Å². The Morgan fingerprint density at radius 3 is 2.81 bits per heavy atom. The predicted octanol–water partition coefficient (Wildman–Crippen LogP) is 3.76. The van der Waals surface area contributed by atoms with Gasteiger partial charge in [0.05, 0.1) is 23.8 Å². The summed E-state index contributed by atoms with van der Waals surface area (Å²) in [4.78, 5) is 1.02. The lowest BCUT2D eigenvalue weighted by molar-refractivity contribution is 0.340. The van der Waals surface area contributed by atoms with Gasteiger partial charge in [0, 0.05) is 10.4 Å². The maximum absolute atomic E-state index is 9.64. The second-order valence-electron chi connectivity index (χ2n) is 5.72. The average Bonchev–Trinajstić information content (AvgIpc) is 3.31. The number of fused-ring (bicyclic) bond motifs is 1. The first-order chi connectivity index (χ1) is 12.7. The highest BCUT2D eigenvalue weighted by molar-refractivity contribution is 7.10. The number of nitrogens with two attached hydrogens (primary N) is 1. The van der Waals surface area contributed by atoms with Crippen molar-refractivity contribution in [3.05, 3.63) is 63.7 Å². The first-order valence-electron chi connectivity index (χ1n) is 8.15. The molecule has 26 heavy (non-hydrogen) atoms. The Balaban J connectivity index is 1.84. The zero-order chi connectivity index (χ0) is 18.1. The Labute approximate surface area is 154 Å². The average molecular weight is 364 g/mol. The fraction of sp³-hybridized carbons (Fsp3) is 0.158. The summed E-state index contributed by atoms with van der Waals surface area (Å²) in [5, 5.41) is 18.9. The zero-order valence-electron chi connectivity index (χ0n) is 14.0. The second-order valence-corrected chi connectivity index (χ2v) is 6.69. The van der Waals surface area contributed by atoms with E-state index < -0.39 is 0 Å². The molecule has 0 saturated carbocycles. The summed E-state index contributed by atoms with van der Waals surface area (Å²) in [5.41, 5.74) is 8.93. The molecular formula is C19H16N4O2S. The van der Waals surface area contributed by atoms with Crippen LogP contribution in [0.3, 0.4) is 0 Å². The summed E-state index contributed by atoms with van der Waals surface area (Å²) in [6, 6.07) is 13.9. The molecule has 1 atom stereocenters. The Morgan fingerprint density at radius 1 is 1.35 bits per heavy atom. The molecular weight excluding hydrogens is 348 g/mol. The monoisotopic (exact) mass is 364 g/mol. The number of hydrogen-bond donors (Lipinski definition) is 2. The van der Waals surface area contributed by atoms with Crippen molar-refractivity contribution in [2.24, 2.45) is 5.73 Å². The fourth-order valence-electron chi connectivity index (χ4n) is 3.09. The minimum atomic E-state index is -0.302. The van der Waals surface area contributed by atoms with Crippen molar-refractivity contribution in [2.45, 2.75) is 12.8 Å². The molecule has 4 rings (SSSR count). The predicted molar refractivity (Wildman–Crippen MR) is 98.8 cm³/mol. The summed E-state index contributed by atoms with van der Waals surface area (Å²) >= 11 is 1.57. The number of H-pyrrole nitrogens is 1. The van der Waals surface area contributed by atoms with Gasteiger partial charge in [0.25, 0.3) is 0 Å². The number of aromatic amines is 1. The number of rotatable bonds is 4. The van der Waals surface area contributed by atoms with Gasteiger partial charge in [-0.05, 0) is 42.6 Å². The molecule has 0 spiro atoms. The molecule has 3 N–H and O–H groups in total. The molecule has 7 heteroatoms. The number of benzene rings is 1. The summed E-state index contributed by atoms with van der Waals surface area (Å²) in [5.74, 6) is 1.01. The normalized spacial score (nSPS) is 15.9. The third-order valence-corrected chi connectivity index (χ3v) is 5.16. The molecule has 1 aliphatic rings. The van der Waals surface area contributed by atoms with E-state index in [1.807, 2.05) is 48.7 Å². The van der Waals surface area contributed by atoms with Gasteiger partial charge in [0.2, 0.25) is 11.8 Å². The van der Waals surface area contributed by atoms with E-state index in [-0.39, 0.29) is 11.8 Å². The van der Waals surface area contributed by atoms with Gasteiger partial charge >= 0.3 is 0 Å². The van der Waals surface area contributed by atoms with E-state index in [1.54, 1.807) is 11.3 Å². The molecule has 0 fully saturated rings. The van der Waals surface area contributed by atoms with Crippen molar-refractivity contribution in [3.8, 4) is 29.0 Å². The maximum atomic E-state index is 9.64. The molecule has 130 valence electrons. The van der Waals surface area contributed by atoms with Gasteiger partial charge in [-0.1, -0.05) is 6.07 Å². The SMILES string of the molecule is CCOc1ccc(-c2[nH]nc3c2[C@H](c2cccs2)C(C#N)=C(N)O3)cc1. The minimum absolute atomic E-state index is 0.100. The molecule has 2 aromatic heterocycles.